The highest BCUT2D eigenvalue weighted by molar-refractivity contribution is 5.85. The van der Waals surface area contributed by atoms with E-state index in [1.807, 2.05) is 6.92 Å². The smallest absolute Gasteiger partial charge is 0.338 e. The van der Waals surface area contributed by atoms with Crippen LogP contribution in [0.2, 0.25) is 0 Å². The molecule has 1 saturated heterocycles. The zero-order chi connectivity index (χ0) is 8.32. The van der Waals surface area contributed by atoms with Crippen LogP contribution >= 0.6 is 12.4 Å². The van der Waals surface area contributed by atoms with Crippen molar-refractivity contribution in [1.82, 2.24) is 10.6 Å². The lowest BCUT2D eigenvalue weighted by Crippen LogP contribution is -2.65. The van der Waals surface area contributed by atoms with Gasteiger partial charge in [-0.1, -0.05) is 6.92 Å². The molecule has 72 valence electrons. The molecule has 0 unspecified atom stereocenters. The normalized spacial score (nSPS) is 21.1. The van der Waals surface area contributed by atoms with Crippen LogP contribution in [0, 0.1) is 0 Å². The van der Waals surface area contributed by atoms with Crippen molar-refractivity contribution in [1.29, 1.82) is 0 Å². The van der Waals surface area contributed by atoms with Crippen molar-refractivity contribution >= 4 is 18.4 Å². The van der Waals surface area contributed by atoms with E-state index in [-0.39, 0.29) is 12.4 Å². The minimum absolute atomic E-state index is 0. The Kier molecular flexibility index (Phi) is 4.52. The van der Waals surface area contributed by atoms with Crippen LogP contribution in [0.15, 0.2) is 0 Å². The van der Waals surface area contributed by atoms with Crippen LogP contribution in [-0.4, -0.2) is 29.8 Å². The van der Waals surface area contributed by atoms with E-state index in [1.54, 1.807) is 0 Å². The van der Waals surface area contributed by atoms with E-state index in [1.165, 1.54) is 0 Å². The zero-order valence-electron chi connectivity index (χ0n) is 7.09. The minimum atomic E-state index is -0.863. The second-order valence-corrected chi connectivity index (χ2v) is 2.77. The number of rotatable bonds is 2. The molecule has 1 rings (SSSR count). The maximum atomic E-state index is 10.8. The monoisotopic (exact) mass is 194 g/mol. The molecule has 4 nitrogen and oxygen atoms in total. The van der Waals surface area contributed by atoms with Crippen LogP contribution < -0.4 is 10.6 Å². The minimum Gasteiger partial charge on any atom is -0.479 e. The topological polar surface area (TPSA) is 61.4 Å². The Bertz CT molecular complexity index is 157. The molecule has 3 N–H and O–H groups in total. The van der Waals surface area contributed by atoms with Gasteiger partial charge in [0.15, 0.2) is 5.66 Å². The third-order valence-electron chi connectivity index (χ3n) is 2.10. The fourth-order valence-electron chi connectivity index (χ4n) is 1.31. The lowest BCUT2D eigenvalue weighted by atomic mass is 10.0. The summed E-state index contributed by atoms with van der Waals surface area (Å²) >= 11 is 0. The van der Waals surface area contributed by atoms with Crippen molar-refractivity contribution in [3.05, 3.63) is 0 Å². The van der Waals surface area contributed by atoms with E-state index in [0.29, 0.717) is 6.42 Å². The van der Waals surface area contributed by atoms with Gasteiger partial charge in [0.25, 0.3) is 0 Å². The summed E-state index contributed by atoms with van der Waals surface area (Å²) in [6.07, 6.45) is 1.57. The van der Waals surface area contributed by atoms with Gasteiger partial charge in [0.1, 0.15) is 0 Å². The third-order valence-corrected chi connectivity index (χ3v) is 2.10. The van der Waals surface area contributed by atoms with Crippen LogP contribution in [0.3, 0.4) is 0 Å². The first kappa shape index (κ1) is 11.7. The number of carboxylic acids is 1. The highest BCUT2D eigenvalue weighted by Gasteiger charge is 2.36. The molecule has 1 fully saturated rings. The van der Waals surface area contributed by atoms with E-state index >= 15 is 0 Å². The number of carboxylic acid groups (broad SMARTS) is 1. The van der Waals surface area contributed by atoms with Gasteiger partial charge in [0.05, 0.1) is 0 Å². The van der Waals surface area contributed by atoms with Gasteiger partial charge in [-0.05, 0) is 25.9 Å². The largest absolute Gasteiger partial charge is 0.479 e. The molecule has 0 radical (unpaired) electrons. The van der Waals surface area contributed by atoms with Crippen LogP contribution in [0.25, 0.3) is 0 Å². The average molecular weight is 195 g/mol. The predicted octanol–water partition coefficient (Wildman–Crippen LogP) is 0.182. The summed E-state index contributed by atoms with van der Waals surface area (Å²) in [7, 11) is 0. The number of aliphatic carboxylic acids is 1. The fraction of sp³-hybridized carbons (Fsp3) is 0.857. The van der Waals surface area contributed by atoms with Gasteiger partial charge in [-0.3, -0.25) is 10.6 Å². The molecule has 5 heteroatoms. The summed E-state index contributed by atoms with van der Waals surface area (Å²) in [6.45, 7) is 3.43. The van der Waals surface area contributed by atoms with Gasteiger partial charge < -0.3 is 5.11 Å². The summed E-state index contributed by atoms with van der Waals surface area (Å²) < 4.78 is 0. The van der Waals surface area contributed by atoms with Crippen molar-refractivity contribution in [2.45, 2.75) is 25.4 Å². The van der Waals surface area contributed by atoms with E-state index in [9.17, 15) is 4.79 Å². The van der Waals surface area contributed by atoms with Gasteiger partial charge in [0, 0.05) is 0 Å². The standard InChI is InChI=1S/C7H14N2O2.ClH/c1-2-7(6(10)11)8-4-3-5-9-7;/h8-9H,2-5H2,1H3,(H,10,11);1H. The second-order valence-electron chi connectivity index (χ2n) is 2.77. The van der Waals surface area contributed by atoms with Crippen molar-refractivity contribution < 1.29 is 9.90 Å². The molecule has 1 aliphatic heterocycles. The Morgan fingerprint density at radius 2 is 2.00 bits per heavy atom. The number of hydrogen-bond donors (Lipinski definition) is 3. The Morgan fingerprint density at radius 3 is 2.25 bits per heavy atom. The van der Waals surface area contributed by atoms with Crippen molar-refractivity contribution in [2.24, 2.45) is 0 Å². The fourth-order valence-corrected chi connectivity index (χ4v) is 1.31. The molecule has 1 heterocycles. The summed E-state index contributed by atoms with van der Waals surface area (Å²) in [5.74, 6) is -0.806. The Labute approximate surface area is 78.1 Å². The summed E-state index contributed by atoms with van der Waals surface area (Å²) in [6, 6.07) is 0. The van der Waals surface area contributed by atoms with Crippen molar-refractivity contribution in [3.63, 3.8) is 0 Å². The Hall–Kier alpha value is -0.320. The maximum absolute atomic E-state index is 10.8. The molecule has 1 aliphatic rings. The predicted molar refractivity (Wildman–Crippen MR) is 48.5 cm³/mol. The first-order valence-corrected chi connectivity index (χ1v) is 3.95. The van der Waals surface area contributed by atoms with Gasteiger partial charge >= 0.3 is 5.97 Å². The molecular formula is C7H15ClN2O2. The molecule has 0 spiro atoms. The number of hydrogen-bond acceptors (Lipinski definition) is 3. The molecule has 0 atom stereocenters. The van der Waals surface area contributed by atoms with Gasteiger partial charge in [-0.15, -0.1) is 12.4 Å². The molecular weight excluding hydrogens is 180 g/mol. The van der Waals surface area contributed by atoms with Crippen LogP contribution in [0.1, 0.15) is 19.8 Å². The quantitative estimate of drug-likeness (QED) is 0.587. The Balaban J connectivity index is 0.00000121. The van der Waals surface area contributed by atoms with E-state index in [2.05, 4.69) is 10.6 Å². The second kappa shape index (κ2) is 4.64. The molecule has 0 aromatic rings. The lowest BCUT2D eigenvalue weighted by Gasteiger charge is -2.34. The Morgan fingerprint density at radius 1 is 1.50 bits per heavy atom. The number of halogens is 1. The van der Waals surface area contributed by atoms with Crippen LogP contribution in [-0.2, 0) is 4.79 Å². The summed E-state index contributed by atoms with van der Waals surface area (Å²) in [4.78, 5) is 10.8. The SMILES string of the molecule is CCC1(C(=O)O)NCCCN1.Cl. The molecule has 0 bridgehead atoms. The highest BCUT2D eigenvalue weighted by Crippen LogP contribution is 2.09. The third kappa shape index (κ3) is 2.09. The zero-order valence-corrected chi connectivity index (χ0v) is 7.91. The maximum Gasteiger partial charge on any atom is 0.338 e. The average Bonchev–Trinajstić information content (AvgIpc) is 2.05. The van der Waals surface area contributed by atoms with Gasteiger partial charge in [-0.25, -0.2) is 4.79 Å². The van der Waals surface area contributed by atoms with Crippen molar-refractivity contribution in [2.75, 3.05) is 13.1 Å². The first-order chi connectivity index (χ1) is 5.21. The van der Waals surface area contributed by atoms with Crippen LogP contribution in [0.5, 0.6) is 0 Å². The highest BCUT2D eigenvalue weighted by atomic mass is 35.5. The van der Waals surface area contributed by atoms with Crippen molar-refractivity contribution in [3.8, 4) is 0 Å². The van der Waals surface area contributed by atoms with E-state index < -0.39 is 11.6 Å². The van der Waals surface area contributed by atoms with Crippen LogP contribution in [0.4, 0.5) is 0 Å². The molecule has 0 aromatic heterocycles. The van der Waals surface area contributed by atoms with Gasteiger partial charge in [0.2, 0.25) is 0 Å². The molecule has 0 amide bonds. The first-order valence-electron chi connectivity index (χ1n) is 3.95. The number of carbonyl (C=O) groups is 1. The molecule has 0 aromatic carbocycles. The van der Waals surface area contributed by atoms with E-state index in [0.717, 1.165) is 19.5 Å². The molecule has 12 heavy (non-hydrogen) atoms. The van der Waals surface area contributed by atoms with Gasteiger partial charge in [-0.2, -0.15) is 0 Å². The number of nitrogens with one attached hydrogen (secondary N) is 2. The molecule has 0 saturated carbocycles. The summed E-state index contributed by atoms with van der Waals surface area (Å²) in [5.41, 5.74) is -0.863. The molecule has 0 aliphatic carbocycles. The lowest BCUT2D eigenvalue weighted by molar-refractivity contribution is -0.147. The summed E-state index contributed by atoms with van der Waals surface area (Å²) in [5, 5.41) is 14.8. The van der Waals surface area contributed by atoms with E-state index in [4.69, 9.17) is 5.11 Å².